The maximum atomic E-state index is 9.20. The monoisotopic (exact) mass is 428 g/mol. The van der Waals surface area contributed by atoms with Crippen LogP contribution in [0.2, 0.25) is 0 Å². The van der Waals surface area contributed by atoms with Gasteiger partial charge in [-0.05, 0) is 85.7 Å². The maximum Gasteiger partial charge on any atom is 0.210 e. The van der Waals surface area contributed by atoms with Gasteiger partial charge in [0.05, 0.1) is 13.2 Å². The number of nitrogens with zero attached hydrogens (tertiary/aromatic N) is 2. The summed E-state index contributed by atoms with van der Waals surface area (Å²) in [6, 6.07) is 16.1. The molecule has 1 atom stereocenters. The molecule has 0 bridgehead atoms. The van der Waals surface area contributed by atoms with Gasteiger partial charge >= 0.3 is 0 Å². The van der Waals surface area contributed by atoms with E-state index < -0.39 is 0 Å². The summed E-state index contributed by atoms with van der Waals surface area (Å²) in [5.41, 5.74) is 5.74. The second kappa shape index (κ2) is 10.1. The van der Waals surface area contributed by atoms with E-state index in [2.05, 4.69) is 41.0 Å². The standard InChI is InChI=1S/C26H28N4O2/c1-3-31-21-12-8-18(9-13-21)16-20-6-5-7-23-24(29-26(28-17-27)30-25(20)23)19-10-14-22(15-11-19)32-4-2/h8-16,24H,3-7H2,1-2H3,(H2,28,29,30). The van der Waals surface area contributed by atoms with E-state index in [0.29, 0.717) is 19.2 Å². The van der Waals surface area contributed by atoms with E-state index in [9.17, 15) is 5.26 Å². The highest BCUT2D eigenvalue weighted by atomic mass is 16.5. The first kappa shape index (κ1) is 21.5. The van der Waals surface area contributed by atoms with Gasteiger partial charge in [-0.2, -0.15) is 5.26 Å². The molecule has 0 fully saturated rings. The Labute approximate surface area is 189 Å². The number of hydrogen-bond donors (Lipinski definition) is 2. The lowest BCUT2D eigenvalue weighted by Crippen LogP contribution is -2.39. The highest BCUT2D eigenvalue weighted by Gasteiger charge is 2.30. The number of hydrogen-bond acceptors (Lipinski definition) is 6. The van der Waals surface area contributed by atoms with Crippen molar-refractivity contribution in [3.63, 3.8) is 0 Å². The summed E-state index contributed by atoms with van der Waals surface area (Å²) in [4.78, 5) is 4.80. The molecule has 1 aliphatic heterocycles. The predicted molar refractivity (Wildman–Crippen MR) is 126 cm³/mol. The second-order valence-corrected chi connectivity index (χ2v) is 7.67. The molecule has 2 aromatic carbocycles. The summed E-state index contributed by atoms with van der Waals surface area (Å²) in [5.74, 6) is 2.19. The molecule has 4 rings (SSSR count). The number of ether oxygens (including phenoxy) is 2. The lowest BCUT2D eigenvalue weighted by molar-refractivity contribution is 0.340. The molecule has 6 nitrogen and oxygen atoms in total. The van der Waals surface area contributed by atoms with Gasteiger partial charge in [0.25, 0.3) is 0 Å². The van der Waals surface area contributed by atoms with Crippen molar-refractivity contribution in [3.05, 3.63) is 76.5 Å². The normalized spacial score (nSPS) is 18.8. The Bertz CT molecular complexity index is 1080. The van der Waals surface area contributed by atoms with E-state index >= 15 is 0 Å². The molecular formula is C26H28N4O2. The van der Waals surface area contributed by atoms with E-state index in [1.165, 1.54) is 11.1 Å². The van der Waals surface area contributed by atoms with Crippen LogP contribution >= 0.6 is 0 Å². The van der Waals surface area contributed by atoms with Crippen LogP contribution in [0.25, 0.3) is 6.08 Å². The van der Waals surface area contributed by atoms with Crippen LogP contribution < -0.4 is 20.1 Å². The summed E-state index contributed by atoms with van der Waals surface area (Å²) >= 11 is 0. The summed E-state index contributed by atoms with van der Waals surface area (Å²) in [5, 5.41) is 15.3. The molecule has 1 unspecified atom stereocenters. The van der Waals surface area contributed by atoms with E-state index in [1.807, 2.05) is 44.3 Å². The molecule has 1 aliphatic carbocycles. The molecule has 0 saturated heterocycles. The molecule has 2 aromatic rings. The van der Waals surface area contributed by atoms with Crippen LogP contribution in [0, 0.1) is 11.5 Å². The van der Waals surface area contributed by atoms with Gasteiger partial charge in [-0.3, -0.25) is 5.32 Å². The third kappa shape index (κ3) is 4.78. The van der Waals surface area contributed by atoms with Crippen molar-refractivity contribution in [3.8, 4) is 17.7 Å². The Balaban J connectivity index is 1.69. The minimum absolute atomic E-state index is 0.137. The number of nitrogens with one attached hydrogen (secondary N) is 2. The minimum Gasteiger partial charge on any atom is -0.494 e. The number of benzene rings is 2. The molecule has 2 N–H and O–H groups in total. The smallest absolute Gasteiger partial charge is 0.210 e. The fourth-order valence-electron chi connectivity index (χ4n) is 4.19. The van der Waals surface area contributed by atoms with Crippen molar-refractivity contribution in [2.75, 3.05) is 13.2 Å². The van der Waals surface area contributed by atoms with Crippen LogP contribution in [-0.2, 0) is 0 Å². The Morgan fingerprint density at radius 1 is 1.03 bits per heavy atom. The third-order valence-corrected chi connectivity index (χ3v) is 5.58. The molecule has 164 valence electrons. The number of guanidine groups is 1. The van der Waals surface area contributed by atoms with E-state index in [4.69, 9.17) is 14.5 Å². The van der Waals surface area contributed by atoms with Crippen molar-refractivity contribution in [1.29, 1.82) is 5.26 Å². The van der Waals surface area contributed by atoms with Crippen LogP contribution in [0.1, 0.15) is 50.3 Å². The van der Waals surface area contributed by atoms with Gasteiger partial charge in [-0.15, -0.1) is 0 Å². The second-order valence-electron chi connectivity index (χ2n) is 7.67. The topological polar surface area (TPSA) is 78.7 Å². The van der Waals surface area contributed by atoms with Gasteiger partial charge in [-0.1, -0.05) is 24.3 Å². The average molecular weight is 429 g/mol. The number of nitriles is 1. The fourth-order valence-corrected chi connectivity index (χ4v) is 4.19. The summed E-state index contributed by atoms with van der Waals surface area (Å²) in [6.45, 7) is 5.25. The molecule has 6 heteroatoms. The highest BCUT2D eigenvalue weighted by Crippen LogP contribution is 2.41. The lowest BCUT2D eigenvalue weighted by Gasteiger charge is -2.32. The zero-order chi connectivity index (χ0) is 22.3. The molecule has 0 spiro atoms. The van der Waals surface area contributed by atoms with E-state index in [0.717, 1.165) is 47.6 Å². The molecule has 2 aliphatic rings. The molecule has 32 heavy (non-hydrogen) atoms. The Kier molecular flexibility index (Phi) is 6.76. The first-order chi connectivity index (χ1) is 15.7. The SMILES string of the molecule is CCOc1ccc(C=C2CCCC3=C2NC(NC#N)=NC3c2ccc(OCC)cc2)cc1. The largest absolute Gasteiger partial charge is 0.494 e. The van der Waals surface area contributed by atoms with E-state index in [1.54, 1.807) is 0 Å². The molecule has 0 aromatic heterocycles. The zero-order valence-corrected chi connectivity index (χ0v) is 18.5. The molecule has 1 heterocycles. The molecule has 0 radical (unpaired) electrons. The molecule has 0 saturated carbocycles. The van der Waals surface area contributed by atoms with Gasteiger partial charge in [0.15, 0.2) is 6.19 Å². The van der Waals surface area contributed by atoms with Crippen molar-refractivity contribution < 1.29 is 9.47 Å². The lowest BCUT2D eigenvalue weighted by atomic mass is 9.84. The average Bonchev–Trinajstić information content (AvgIpc) is 2.81. The van der Waals surface area contributed by atoms with E-state index in [-0.39, 0.29) is 6.04 Å². The minimum atomic E-state index is -0.137. The van der Waals surface area contributed by atoms with Crippen LogP contribution in [-0.4, -0.2) is 19.2 Å². The summed E-state index contributed by atoms with van der Waals surface area (Å²) in [7, 11) is 0. The van der Waals surface area contributed by atoms with Gasteiger partial charge in [0.1, 0.15) is 17.5 Å². The van der Waals surface area contributed by atoms with Crippen LogP contribution in [0.5, 0.6) is 11.5 Å². The number of rotatable bonds is 6. The van der Waals surface area contributed by atoms with Crippen LogP contribution in [0.15, 0.2) is 70.4 Å². The zero-order valence-electron chi connectivity index (χ0n) is 18.5. The number of allylic oxidation sites excluding steroid dienone is 1. The third-order valence-electron chi connectivity index (χ3n) is 5.58. The summed E-state index contributed by atoms with van der Waals surface area (Å²) in [6.07, 6.45) is 7.20. The fraction of sp³-hybridized carbons (Fsp3) is 0.308. The first-order valence-corrected chi connectivity index (χ1v) is 11.1. The van der Waals surface area contributed by atoms with Crippen LogP contribution in [0.4, 0.5) is 0 Å². The summed E-state index contributed by atoms with van der Waals surface area (Å²) < 4.78 is 11.1. The van der Waals surface area contributed by atoms with Gasteiger partial charge in [0, 0.05) is 5.70 Å². The number of aliphatic imine (C=N–C) groups is 1. The van der Waals surface area contributed by atoms with Crippen molar-refractivity contribution >= 4 is 12.0 Å². The van der Waals surface area contributed by atoms with Crippen molar-refractivity contribution in [2.24, 2.45) is 4.99 Å². The van der Waals surface area contributed by atoms with Gasteiger partial charge < -0.3 is 14.8 Å². The maximum absolute atomic E-state index is 9.20. The van der Waals surface area contributed by atoms with Gasteiger partial charge in [-0.25, -0.2) is 4.99 Å². The van der Waals surface area contributed by atoms with Gasteiger partial charge in [0.2, 0.25) is 5.96 Å². The molecule has 0 amide bonds. The molecular weight excluding hydrogens is 400 g/mol. The Morgan fingerprint density at radius 3 is 2.31 bits per heavy atom. The van der Waals surface area contributed by atoms with Crippen molar-refractivity contribution in [2.45, 2.75) is 39.2 Å². The quantitative estimate of drug-likeness (QED) is 0.496. The Hall–Kier alpha value is -3.72. The Morgan fingerprint density at radius 2 is 1.69 bits per heavy atom. The van der Waals surface area contributed by atoms with Crippen LogP contribution in [0.3, 0.4) is 0 Å². The predicted octanol–water partition coefficient (Wildman–Crippen LogP) is 5.08. The first-order valence-electron chi connectivity index (χ1n) is 11.1. The highest BCUT2D eigenvalue weighted by molar-refractivity contribution is 5.86. The van der Waals surface area contributed by atoms with Crippen molar-refractivity contribution in [1.82, 2.24) is 10.6 Å².